The molecule has 0 aliphatic carbocycles. The topological polar surface area (TPSA) is 37.6 Å². The molecule has 2 saturated heterocycles. The van der Waals surface area contributed by atoms with Gasteiger partial charge in [0, 0.05) is 31.4 Å². The van der Waals surface area contributed by atoms with E-state index in [1.807, 2.05) is 6.92 Å². The van der Waals surface area contributed by atoms with Crippen LogP contribution < -0.4 is 5.32 Å². The zero-order valence-electron chi connectivity index (χ0n) is 12.8. The molecule has 0 amide bonds. The third-order valence-electron chi connectivity index (χ3n) is 4.34. The molecule has 21 heavy (non-hydrogen) atoms. The molecule has 1 N–H and O–H groups in total. The van der Waals surface area contributed by atoms with Crippen LogP contribution in [0.25, 0.3) is 0 Å². The third kappa shape index (κ3) is 4.25. The van der Waals surface area contributed by atoms with Crippen molar-refractivity contribution in [3.05, 3.63) is 23.7 Å². The highest BCUT2D eigenvalue weighted by Crippen LogP contribution is 2.24. The van der Waals surface area contributed by atoms with Gasteiger partial charge < -0.3 is 14.5 Å². The number of rotatable bonds is 5. The molecule has 1 aromatic heterocycles. The smallest absolute Gasteiger partial charge is 0.122 e. The maximum absolute atomic E-state index is 5.91. The van der Waals surface area contributed by atoms with Crippen LogP contribution in [0.5, 0.6) is 0 Å². The second-order valence-corrected chi connectivity index (χ2v) is 7.08. The van der Waals surface area contributed by atoms with Gasteiger partial charge in [-0.1, -0.05) is 0 Å². The lowest BCUT2D eigenvalue weighted by molar-refractivity contribution is 0.0110. The summed E-state index contributed by atoms with van der Waals surface area (Å²) < 4.78 is 11.4. The number of hydrogen-bond acceptors (Lipinski definition) is 5. The Hall–Kier alpha value is -0.490. The molecule has 0 saturated carbocycles. The molecule has 0 spiro atoms. The van der Waals surface area contributed by atoms with Gasteiger partial charge in [-0.05, 0) is 37.7 Å². The zero-order chi connectivity index (χ0) is 14.5. The van der Waals surface area contributed by atoms with Crippen LogP contribution in [0, 0.1) is 6.92 Å². The number of ether oxygens (including phenoxy) is 1. The zero-order valence-corrected chi connectivity index (χ0v) is 13.7. The van der Waals surface area contributed by atoms with Gasteiger partial charge in [0.15, 0.2) is 0 Å². The summed E-state index contributed by atoms with van der Waals surface area (Å²) in [6, 6.07) is 5.18. The minimum Gasteiger partial charge on any atom is -0.465 e. The van der Waals surface area contributed by atoms with Crippen LogP contribution in [-0.4, -0.2) is 55.3 Å². The number of hydrogen-bond donors (Lipinski definition) is 1. The van der Waals surface area contributed by atoms with E-state index < -0.39 is 0 Å². The fraction of sp³-hybridized carbons (Fsp3) is 0.750. The van der Waals surface area contributed by atoms with Crippen molar-refractivity contribution in [1.29, 1.82) is 0 Å². The summed E-state index contributed by atoms with van der Waals surface area (Å²) in [5, 5.41) is 3.76. The highest BCUT2D eigenvalue weighted by molar-refractivity contribution is 7.99. The minimum absolute atomic E-state index is 0.328. The molecular formula is C16H26N2O2S. The molecule has 2 unspecified atom stereocenters. The van der Waals surface area contributed by atoms with Crippen LogP contribution in [0.4, 0.5) is 0 Å². The second kappa shape index (κ2) is 7.68. The van der Waals surface area contributed by atoms with Gasteiger partial charge in [0.25, 0.3) is 0 Å². The van der Waals surface area contributed by atoms with Crippen LogP contribution in [0.1, 0.15) is 30.4 Å². The lowest BCUT2D eigenvalue weighted by Crippen LogP contribution is -2.45. The van der Waals surface area contributed by atoms with Crippen molar-refractivity contribution >= 4 is 11.8 Å². The van der Waals surface area contributed by atoms with Crippen molar-refractivity contribution in [2.24, 2.45) is 0 Å². The van der Waals surface area contributed by atoms with Crippen molar-refractivity contribution in [2.45, 2.75) is 31.8 Å². The van der Waals surface area contributed by atoms with Crippen molar-refractivity contribution in [3.8, 4) is 0 Å². The summed E-state index contributed by atoms with van der Waals surface area (Å²) in [6.07, 6.45) is 2.64. The van der Waals surface area contributed by atoms with E-state index in [4.69, 9.17) is 9.15 Å². The van der Waals surface area contributed by atoms with Crippen LogP contribution in [0.2, 0.25) is 0 Å². The van der Waals surface area contributed by atoms with Gasteiger partial charge in [-0.3, -0.25) is 4.90 Å². The van der Waals surface area contributed by atoms with Gasteiger partial charge in [0.2, 0.25) is 0 Å². The molecule has 3 heterocycles. The number of furan rings is 1. The largest absolute Gasteiger partial charge is 0.465 e. The third-order valence-corrected chi connectivity index (χ3v) is 5.55. The van der Waals surface area contributed by atoms with E-state index in [1.54, 1.807) is 0 Å². The van der Waals surface area contributed by atoms with Gasteiger partial charge >= 0.3 is 0 Å². The Morgan fingerprint density at radius 3 is 2.90 bits per heavy atom. The van der Waals surface area contributed by atoms with Crippen LogP contribution in [-0.2, 0) is 4.74 Å². The Labute approximate surface area is 131 Å². The first-order valence-electron chi connectivity index (χ1n) is 8.02. The number of thioether (sulfide) groups is 1. The predicted octanol–water partition coefficient (Wildman–Crippen LogP) is 2.45. The van der Waals surface area contributed by atoms with Gasteiger partial charge in [0.05, 0.1) is 19.3 Å². The van der Waals surface area contributed by atoms with Crippen LogP contribution >= 0.6 is 11.8 Å². The molecule has 2 aliphatic rings. The SMILES string of the molecule is Cc1ccc(C(CNC2CCCSC2)N2CCOCC2)o1. The summed E-state index contributed by atoms with van der Waals surface area (Å²) in [5.41, 5.74) is 0. The first-order valence-corrected chi connectivity index (χ1v) is 9.17. The molecule has 0 aromatic carbocycles. The summed E-state index contributed by atoms with van der Waals surface area (Å²) in [6.45, 7) is 6.63. The second-order valence-electron chi connectivity index (χ2n) is 5.93. The molecule has 4 nitrogen and oxygen atoms in total. The molecule has 2 atom stereocenters. The molecule has 1 aromatic rings. The Kier molecular flexibility index (Phi) is 5.63. The van der Waals surface area contributed by atoms with Gasteiger partial charge in [-0.15, -0.1) is 0 Å². The van der Waals surface area contributed by atoms with E-state index in [9.17, 15) is 0 Å². The van der Waals surface area contributed by atoms with E-state index >= 15 is 0 Å². The van der Waals surface area contributed by atoms with E-state index in [0.717, 1.165) is 44.4 Å². The molecule has 3 rings (SSSR count). The maximum Gasteiger partial charge on any atom is 0.122 e. The monoisotopic (exact) mass is 310 g/mol. The summed E-state index contributed by atoms with van der Waals surface area (Å²) in [5.74, 6) is 4.65. The first-order chi connectivity index (χ1) is 10.3. The van der Waals surface area contributed by atoms with Crippen molar-refractivity contribution < 1.29 is 9.15 Å². The predicted molar refractivity (Wildman–Crippen MR) is 86.9 cm³/mol. The van der Waals surface area contributed by atoms with Gasteiger partial charge in [-0.25, -0.2) is 0 Å². The number of nitrogens with zero attached hydrogens (tertiary/aromatic N) is 1. The Morgan fingerprint density at radius 2 is 2.24 bits per heavy atom. The maximum atomic E-state index is 5.91. The van der Waals surface area contributed by atoms with E-state index in [1.165, 1.54) is 24.3 Å². The normalized spacial score (nSPS) is 25.9. The molecule has 0 bridgehead atoms. The fourth-order valence-electron chi connectivity index (χ4n) is 3.11. The van der Waals surface area contributed by atoms with Crippen molar-refractivity contribution in [3.63, 3.8) is 0 Å². The fourth-order valence-corrected chi connectivity index (χ4v) is 4.22. The average Bonchev–Trinajstić information content (AvgIpc) is 2.96. The highest BCUT2D eigenvalue weighted by Gasteiger charge is 2.26. The van der Waals surface area contributed by atoms with Crippen molar-refractivity contribution in [1.82, 2.24) is 10.2 Å². The van der Waals surface area contributed by atoms with Gasteiger partial charge in [-0.2, -0.15) is 11.8 Å². The Morgan fingerprint density at radius 1 is 1.38 bits per heavy atom. The van der Waals surface area contributed by atoms with E-state index in [0.29, 0.717) is 12.1 Å². The van der Waals surface area contributed by atoms with Crippen LogP contribution in [0.15, 0.2) is 16.5 Å². The van der Waals surface area contributed by atoms with Crippen molar-refractivity contribution in [2.75, 3.05) is 44.4 Å². The molecule has 2 fully saturated rings. The van der Waals surface area contributed by atoms with Crippen LogP contribution in [0.3, 0.4) is 0 Å². The quantitative estimate of drug-likeness (QED) is 0.904. The molecule has 5 heteroatoms. The summed E-state index contributed by atoms with van der Waals surface area (Å²) in [7, 11) is 0. The van der Waals surface area contributed by atoms with Gasteiger partial charge in [0.1, 0.15) is 11.5 Å². The molecule has 118 valence electrons. The molecule has 2 aliphatic heterocycles. The lowest BCUT2D eigenvalue weighted by atomic mass is 10.1. The first kappa shape index (κ1) is 15.4. The lowest BCUT2D eigenvalue weighted by Gasteiger charge is -2.34. The number of aryl methyl sites for hydroxylation is 1. The highest BCUT2D eigenvalue weighted by atomic mass is 32.2. The number of morpholine rings is 1. The average molecular weight is 310 g/mol. The minimum atomic E-state index is 0.328. The summed E-state index contributed by atoms with van der Waals surface area (Å²) in [4.78, 5) is 2.49. The van der Waals surface area contributed by atoms with E-state index in [2.05, 4.69) is 34.1 Å². The Bertz CT molecular complexity index is 426. The summed E-state index contributed by atoms with van der Waals surface area (Å²) >= 11 is 2.07. The van der Waals surface area contributed by atoms with E-state index in [-0.39, 0.29) is 0 Å². The molecule has 0 radical (unpaired) electrons. The standard InChI is InChI=1S/C16H26N2O2S/c1-13-4-5-16(20-13)15(18-6-8-19-9-7-18)11-17-14-3-2-10-21-12-14/h4-5,14-15,17H,2-3,6-12H2,1H3. The Balaban J connectivity index is 1.63. The number of nitrogens with one attached hydrogen (secondary N) is 1. The molecular weight excluding hydrogens is 284 g/mol.